The summed E-state index contributed by atoms with van der Waals surface area (Å²) in [7, 11) is 0. The fraction of sp³-hybridized carbons (Fsp3) is 0.118. The first-order valence-electron chi connectivity index (χ1n) is 6.98. The molecule has 3 aromatic rings. The van der Waals surface area contributed by atoms with E-state index < -0.39 is 11.1 Å². The molecule has 1 heterocycles. The summed E-state index contributed by atoms with van der Waals surface area (Å²) < 4.78 is 25.9. The molecule has 0 bridgehead atoms. The van der Waals surface area contributed by atoms with E-state index in [9.17, 15) is 4.21 Å². The molecule has 0 radical (unpaired) electrons. The highest BCUT2D eigenvalue weighted by Crippen LogP contribution is 2.33. The first-order chi connectivity index (χ1) is 11.1. The number of thiol groups is 1. The van der Waals surface area contributed by atoms with Crippen LogP contribution < -0.4 is 0 Å². The molecule has 0 saturated heterocycles. The maximum absolute atomic E-state index is 11.0. The molecular formula is C17H15NO3S2. The van der Waals surface area contributed by atoms with Crippen LogP contribution in [0.3, 0.4) is 0 Å². The minimum atomic E-state index is -1.98. The van der Waals surface area contributed by atoms with Gasteiger partial charge in [0.1, 0.15) is 5.76 Å². The standard InChI is InChI=1S/C17H15NO3S2/c1-11-15(18-17(21-11)13-5-3-2-4-6-13)16(22)12-7-9-14(10-8-12)23(19)20/h2-10,16,22H,1H3,(H,19,20)/t16-/m1/s1. The van der Waals surface area contributed by atoms with Gasteiger partial charge in [-0.15, -0.1) is 0 Å². The third-order valence-corrected chi connectivity index (χ3v) is 4.73. The van der Waals surface area contributed by atoms with Gasteiger partial charge in [0, 0.05) is 5.56 Å². The monoisotopic (exact) mass is 345 g/mol. The molecule has 118 valence electrons. The van der Waals surface area contributed by atoms with Crippen molar-refractivity contribution in [2.24, 2.45) is 0 Å². The predicted octanol–water partition coefficient (Wildman–Crippen LogP) is 4.25. The van der Waals surface area contributed by atoms with Gasteiger partial charge in [-0.1, -0.05) is 30.3 Å². The molecule has 0 fully saturated rings. The van der Waals surface area contributed by atoms with Gasteiger partial charge in [-0.25, -0.2) is 9.19 Å². The Morgan fingerprint density at radius 2 is 1.78 bits per heavy atom. The fourth-order valence-corrected chi connectivity index (χ4v) is 3.07. The third kappa shape index (κ3) is 3.39. The van der Waals surface area contributed by atoms with Crippen molar-refractivity contribution in [1.82, 2.24) is 4.98 Å². The van der Waals surface area contributed by atoms with Crippen LogP contribution in [-0.4, -0.2) is 13.7 Å². The molecule has 23 heavy (non-hydrogen) atoms. The first kappa shape index (κ1) is 16.0. The van der Waals surface area contributed by atoms with E-state index in [0.717, 1.165) is 16.8 Å². The summed E-state index contributed by atoms with van der Waals surface area (Å²) in [4.78, 5) is 4.92. The van der Waals surface area contributed by atoms with Gasteiger partial charge >= 0.3 is 0 Å². The van der Waals surface area contributed by atoms with Crippen molar-refractivity contribution < 1.29 is 13.2 Å². The van der Waals surface area contributed by atoms with E-state index in [1.54, 1.807) is 24.3 Å². The van der Waals surface area contributed by atoms with Crippen LogP contribution in [0.1, 0.15) is 22.3 Å². The van der Waals surface area contributed by atoms with Crippen LogP contribution in [0.4, 0.5) is 0 Å². The topological polar surface area (TPSA) is 63.3 Å². The lowest BCUT2D eigenvalue weighted by Crippen LogP contribution is -1.97. The number of nitrogens with zero attached hydrogens (tertiary/aromatic N) is 1. The Kier molecular flexibility index (Phi) is 4.66. The molecule has 0 amide bonds. The Morgan fingerprint density at radius 3 is 2.39 bits per heavy atom. The second-order valence-corrected chi connectivity index (χ2v) is 6.53. The SMILES string of the molecule is Cc1oc(-c2ccccc2)nc1[C@H](S)c1ccc(S(=O)O)cc1. The molecule has 0 aliphatic heterocycles. The maximum atomic E-state index is 11.0. The highest BCUT2D eigenvalue weighted by atomic mass is 32.2. The molecule has 6 heteroatoms. The molecule has 2 atom stereocenters. The molecule has 1 unspecified atom stereocenters. The zero-order valence-corrected chi connectivity index (χ0v) is 14.1. The van der Waals surface area contributed by atoms with Gasteiger partial charge < -0.3 is 8.97 Å². The van der Waals surface area contributed by atoms with Gasteiger partial charge in [0.25, 0.3) is 0 Å². The van der Waals surface area contributed by atoms with E-state index in [2.05, 4.69) is 17.6 Å². The third-order valence-electron chi connectivity index (χ3n) is 3.51. The molecule has 0 spiro atoms. The van der Waals surface area contributed by atoms with Crippen LogP contribution in [0.2, 0.25) is 0 Å². The average molecular weight is 345 g/mol. The lowest BCUT2D eigenvalue weighted by Gasteiger charge is -2.09. The highest BCUT2D eigenvalue weighted by Gasteiger charge is 2.19. The summed E-state index contributed by atoms with van der Waals surface area (Å²) in [6.45, 7) is 1.86. The number of hydrogen-bond acceptors (Lipinski definition) is 4. The van der Waals surface area contributed by atoms with Crippen molar-refractivity contribution in [3.63, 3.8) is 0 Å². The van der Waals surface area contributed by atoms with Crippen LogP contribution in [0, 0.1) is 6.92 Å². The van der Waals surface area contributed by atoms with Crippen LogP contribution in [-0.2, 0) is 11.1 Å². The zero-order chi connectivity index (χ0) is 16.4. The van der Waals surface area contributed by atoms with Crippen molar-refractivity contribution in [3.05, 3.63) is 71.6 Å². The molecule has 2 aromatic carbocycles. The summed E-state index contributed by atoms with van der Waals surface area (Å²) in [6, 6.07) is 16.5. The van der Waals surface area contributed by atoms with E-state index in [1.807, 2.05) is 37.3 Å². The van der Waals surface area contributed by atoms with Gasteiger partial charge in [-0.3, -0.25) is 0 Å². The van der Waals surface area contributed by atoms with Gasteiger partial charge in [0.2, 0.25) is 5.89 Å². The van der Waals surface area contributed by atoms with Crippen molar-refractivity contribution >= 4 is 23.7 Å². The molecule has 1 N–H and O–H groups in total. The number of oxazole rings is 1. The Bertz CT molecular complexity index is 829. The molecule has 3 rings (SSSR count). The molecule has 1 aromatic heterocycles. The highest BCUT2D eigenvalue weighted by molar-refractivity contribution is 7.80. The van der Waals surface area contributed by atoms with Gasteiger partial charge in [-0.2, -0.15) is 12.6 Å². The minimum Gasteiger partial charge on any atom is -0.441 e. The van der Waals surface area contributed by atoms with Crippen molar-refractivity contribution in [1.29, 1.82) is 0 Å². The van der Waals surface area contributed by atoms with Crippen LogP contribution in [0.5, 0.6) is 0 Å². The molecule has 0 aliphatic carbocycles. The van der Waals surface area contributed by atoms with Gasteiger partial charge in [-0.05, 0) is 36.8 Å². The molecular weight excluding hydrogens is 330 g/mol. The predicted molar refractivity (Wildman–Crippen MR) is 93.0 cm³/mol. The van der Waals surface area contributed by atoms with E-state index in [4.69, 9.17) is 8.97 Å². The van der Waals surface area contributed by atoms with Crippen molar-refractivity contribution in [2.75, 3.05) is 0 Å². The quantitative estimate of drug-likeness (QED) is 0.548. The number of aryl methyl sites for hydroxylation is 1. The molecule has 0 aliphatic rings. The van der Waals surface area contributed by atoms with Crippen LogP contribution >= 0.6 is 12.6 Å². The summed E-state index contributed by atoms with van der Waals surface area (Å²) in [6.07, 6.45) is 0. The van der Waals surface area contributed by atoms with Crippen molar-refractivity contribution in [2.45, 2.75) is 17.1 Å². The fourth-order valence-electron chi connectivity index (χ4n) is 2.29. The molecule has 4 nitrogen and oxygen atoms in total. The Hall–Kier alpha value is -1.89. The first-order valence-corrected chi connectivity index (χ1v) is 8.60. The molecule has 0 saturated carbocycles. The van der Waals surface area contributed by atoms with E-state index in [0.29, 0.717) is 16.5 Å². The lowest BCUT2D eigenvalue weighted by molar-refractivity contribution is 0.540. The van der Waals surface area contributed by atoms with Crippen LogP contribution in [0.25, 0.3) is 11.5 Å². The van der Waals surface area contributed by atoms with E-state index >= 15 is 0 Å². The summed E-state index contributed by atoms with van der Waals surface area (Å²) >= 11 is 2.65. The maximum Gasteiger partial charge on any atom is 0.226 e. The second kappa shape index (κ2) is 6.70. The average Bonchev–Trinajstić information content (AvgIpc) is 2.97. The Labute approximate surface area is 142 Å². The normalized spacial score (nSPS) is 13.7. The smallest absolute Gasteiger partial charge is 0.226 e. The minimum absolute atomic E-state index is 0.266. The summed E-state index contributed by atoms with van der Waals surface area (Å²) in [5.74, 6) is 1.27. The summed E-state index contributed by atoms with van der Waals surface area (Å²) in [5.41, 5.74) is 2.54. The van der Waals surface area contributed by atoms with E-state index in [1.165, 1.54) is 0 Å². The number of rotatable bonds is 4. The Morgan fingerprint density at radius 1 is 1.13 bits per heavy atom. The van der Waals surface area contributed by atoms with Crippen LogP contribution in [0.15, 0.2) is 63.9 Å². The van der Waals surface area contributed by atoms with E-state index in [-0.39, 0.29) is 5.25 Å². The number of aromatic nitrogens is 1. The summed E-state index contributed by atoms with van der Waals surface area (Å²) in [5, 5.41) is -0.266. The largest absolute Gasteiger partial charge is 0.441 e. The van der Waals surface area contributed by atoms with Gasteiger partial charge in [0.15, 0.2) is 11.1 Å². The number of hydrogen-bond donors (Lipinski definition) is 2. The lowest BCUT2D eigenvalue weighted by atomic mass is 10.1. The Balaban J connectivity index is 1.92. The van der Waals surface area contributed by atoms with Gasteiger partial charge in [0.05, 0.1) is 15.8 Å². The number of benzene rings is 2. The van der Waals surface area contributed by atoms with Crippen molar-refractivity contribution in [3.8, 4) is 11.5 Å². The second-order valence-electron chi connectivity index (χ2n) is 5.05. The zero-order valence-electron chi connectivity index (χ0n) is 12.3.